The van der Waals surface area contributed by atoms with Gasteiger partial charge >= 0.3 is 0 Å². The number of hydrogen-bond donors (Lipinski definition) is 1. The zero-order chi connectivity index (χ0) is 13.7. The molecule has 0 spiro atoms. The molecule has 0 bridgehead atoms. The zero-order valence-electron chi connectivity index (χ0n) is 12.2. The first-order valence-corrected chi connectivity index (χ1v) is 8.06. The molecule has 0 aromatic carbocycles. The smallest absolute Gasteiger partial charge is 0.185 e. The van der Waals surface area contributed by atoms with Gasteiger partial charge in [0.2, 0.25) is 0 Å². The van der Waals surface area contributed by atoms with Crippen molar-refractivity contribution >= 4 is 16.5 Å². The Morgan fingerprint density at radius 2 is 2.37 bits per heavy atom. The van der Waals surface area contributed by atoms with Gasteiger partial charge in [0.1, 0.15) is 0 Å². The van der Waals surface area contributed by atoms with Crippen LogP contribution in [0.25, 0.3) is 0 Å². The van der Waals surface area contributed by atoms with E-state index in [2.05, 4.69) is 31.0 Å². The fourth-order valence-corrected chi connectivity index (χ4v) is 3.32. The highest BCUT2D eigenvalue weighted by Crippen LogP contribution is 2.27. The lowest BCUT2D eigenvalue weighted by atomic mass is 10.3. The largest absolute Gasteiger partial charge is 0.377 e. The first-order chi connectivity index (χ1) is 9.20. The molecule has 19 heavy (non-hydrogen) atoms. The summed E-state index contributed by atoms with van der Waals surface area (Å²) in [7, 11) is 0. The van der Waals surface area contributed by atoms with Crippen LogP contribution >= 0.6 is 11.3 Å². The van der Waals surface area contributed by atoms with Crippen LogP contribution < -0.4 is 10.2 Å². The van der Waals surface area contributed by atoms with E-state index in [1.54, 1.807) is 0 Å². The minimum atomic E-state index is 0.299. The number of aryl methyl sites for hydroxylation is 1. The summed E-state index contributed by atoms with van der Waals surface area (Å²) in [5.41, 5.74) is 1.17. The SMILES string of the molecule is CCCNCc1sc(N2CCCOC(C)C2)nc1C. The molecule has 1 fully saturated rings. The molecular formula is C14H25N3OS. The Bertz CT molecular complexity index is 394. The van der Waals surface area contributed by atoms with Gasteiger partial charge < -0.3 is 15.0 Å². The van der Waals surface area contributed by atoms with Gasteiger partial charge in [-0.3, -0.25) is 0 Å². The Kier molecular flexibility index (Phi) is 5.60. The number of aromatic nitrogens is 1. The van der Waals surface area contributed by atoms with E-state index in [0.717, 1.165) is 44.3 Å². The van der Waals surface area contributed by atoms with Gasteiger partial charge in [-0.25, -0.2) is 4.98 Å². The number of nitrogens with zero attached hydrogens (tertiary/aromatic N) is 2. The minimum absolute atomic E-state index is 0.299. The summed E-state index contributed by atoms with van der Waals surface area (Å²) in [5.74, 6) is 0. The minimum Gasteiger partial charge on any atom is -0.377 e. The van der Waals surface area contributed by atoms with Crippen LogP contribution in [0.15, 0.2) is 0 Å². The Morgan fingerprint density at radius 1 is 1.53 bits per heavy atom. The molecule has 1 aromatic heterocycles. The van der Waals surface area contributed by atoms with Gasteiger partial charge in [0, 0.05) is 31.1 Å². The molecule has 0 saturated carbocycles. The second-order valence-corrected chi connectivity index (χ2v) is 6.22. The highest BCUT2D eigenvalue weighted by molar-refractivity contribution is 7.15. The summed E-state index contributed by atoms with van der Waals surface area (Å²) in [6.45, 7) is 11.3. The second kappa shape index (κ2) is 7.22. The molecule has 5 heteroatoms. The molecule has 108 valence electrons. The van der Waals surface area contributed by atoms with Crippen LogP contribution in [-0.4, -0.2) is 37.3 Å². The summed E-state index contributed by atoms with van der Waals surface area (Å²) < 4.78 is 5.69. The van der Waals surface area contributed by atoms with Crippen LogP contribution in [0.1, 0.15) is 37.3 Å². The maximum atomic E-state index is 5.69. The molecule has 0 amide bonds. The van der Waals surface area contributed by atoms with Gasteiger partial charge in [0.05, 0.1) is 11.8 Å². The highest BCUT2D eigenvalue weighted by Gasteiger charge is 2.19. The van der Waals surface area contributed by atoms with Gasteiger partial charge in [0.25, 0.3) is 0 Å². The molecule has 1 aliphatic heterocycles. The first kappa shape index (κ1) is 14.8. The number of anilines is 1. The Balaban J connectivity index is 2.01. The Labute approximate surface area is 120 Å². The van der Waals surface area contributed by atoms with Crippen molar-refractivity contribution in [3.63, 3.8) is 0 Å². The second-order valence-electron chi connectivity index (χ2n) is 5.16. The van der Waals surface area contributed by atoms with Crippen molar-refractivity contribution in [2.24, 2.45) is 0 Å². The molecule has 1 aromatic rings. The summed E-state index contributed by atoms with van der Waals surface area (Å²) in [4.78, 5) is 8.47. The van der Waals surface area contributed by atoms with Crippen molar-refractivity contribution in [1.29, 1.82) is 0 Å². The number of ether oxygens (including phenoxy) is 1. The summed E-state index contributed by atoms with van der Waals surface area (Å²) >= 11 is 1.82. The molecule has 0 aliphatic carbocycles. The average molecular weight is 283 g/mol. The third-order valence-corrected chi connectivity index (χ3v) is 4.53. The van der Waals surface area contributed by atoms with Crippen LogP contribution in [0, 0.1) is 6.92 Å². The first-order valence-electron chi connectivity index (χ1n) is 7.24. The number of hydrogen-bond acceptors (Lipinski definition) is 5. The molecule has 2 heterocycles. The fourth-order valence-electron chi connectivity index (χ4n) is 2.26. The molecule has 1 saturated heterocycles. The van der Waals surface area contributed by atoms with Crippen molar-refractivity contribution in [1.82, 2.24) is 10.3 Å². The number of nitrogens with one attached hydrogen (secondary N) is 1. The van der Waals surface area contributed by atoms with E-state index >= 15 is 0 Å². The zero-order valence-corrected chi connectivity index (χ0v) is 13.1. The normalized spacial score (nSPS) is 20.6. The molecule has 1 aliphatic rings. The third kappa shape index (κ3) is 4.16. The molecule has 1 N–H and O–H groups in total. The van der Waals surface area contributed by atoms with Gasteiger partial charge in [-0.05, 0) is 33.2 Å². The van der Waals surface area contributed by atoms with Crippen molar-refractivity contribution in [3.05, 3.63) is 10.6 Å². The Morgan fingerprint density at radius 3 is 3.16 bits per heavy atom. The van der Waals surface area contributed by atoms with E-state index in [9.17, 15) is 0 Å². The number of thiazole rings is 1. The monoisotopic (exact) mass is 283 g/mol. The lowest BCUT2D eigenvalue weighted by Gasteiger charge is -2.20. The standard InChI is InChI=1S/C14H25N3OS/c1-4-6-15-9-13-12(3)16-14(19-13)17-7-5-8-18-11(2)10-17/h11,15H,4-10H2,1-3H3. The average Bonchev–Trinajstić information content (AvgIpc) is 2.61. The summed E-state index contributed by atoms with van der Waals surface area (Å²) in [6.07, 6.45) is 2.56. The van der Waals surface area contributed by atoms with E-state index in [4.69, 9.17) is 9.72 Å². The topological polar surface area (TPSA) is 37.4 Å². The van der Waals surface area contributed by atoms with Crippen molar-refractivity contribution in [2.75, 3.05) is 31.1 Å². The third-order valence-electron chi connectivity index (χ3n) is 3.32. The van der Waals surface area contributed by atoms with E-state index in [1.807, 2.05) is 11.3 Å². The lowest BCUT2D eigenvalue weighted by Crippen LogP contribution is -2.29. The maximum absolute atomic E-state index is 5.69. The van der Waals surface area contributed by atoms with Crippen LogP contribution in [0.4, 0.5) is 5.13 Å². The van der Waals surface area contributed by atoms with Crippen molar-refractivity contribution < 1.29 is 4.74 Å². The molecule has 0 radical (unpaired) electrons. The van der Waals surface area contributed by atoms with Crippen molar-refractivity contribution in [3.8, 4) is 0 Å². The molecule has 1 atom stereocenters. The van der Waals surface area contributed by atoms with Crippen molar-refractivity contribution in [2.45, 2.75) is 46.3 Å². The fraction of sp³-hybridized carbons (Fsp3) is 0.786. The molecular weight excluding hydrogens is 258 g/mol. The molecule has 2 rings (SSSR count). The number of rotatable bonds is 5. The lowest BCUT2D eigenvalue weighted by molar-refractivity contribution is 0.0821. The Hall–Kier alpha value is -0.650. The summed E-state index contributed by atoms with van der Waals surface area (Å²) in [6, 6.07) is 0. The van der Waals surface area contributed by atoms with E-state index in [1.165, 1.54) is 17.0 Å². The van der Waals surface area contributed by atoms with Crippen LogP contribution in [-0.2, 0) is 11.3 Å². The summed E-state index contributed by atoms with van der Waals surface area (Å²) in [5, 5.41) is 4.61. The van der Waals surface area contributed by atoms with Gasteiger partial charge in [0.15, 0.2) is 5.13 Å². The quantitative estimate of drug-likeness (QED) is 0.843. The predicted molar refractivity (Wildman–Crippen MR) is 81.1 cm³/mol. The van der Waals surface area contributed by atoms with E-state index in [-0.39, 0.29) is 0 Å². The van der Waals surface area contributed by atoms with Gasteiger partial charge in [-0.15, -0.1) is 11.3 Å². The highest BCUT2D eigenvalue weighted by atomic mass is 32.1. The molecule has 4 nitrogen and oxygen atoms in total. The molecule has 1 unspecified atom stereocenters. The van der Waals surface area contributed by atoms with Gasteiger partial charge in [-0.1, -0.05) is 6.92 Å². The van der Waals surface area contributed by atoms with Gasteiger partial charge in [-0.2, -0.15) is 0 Å². The van der Waals surface area contributed by atoms with E-state index in [0.29, 0.717) is 6.10 Å². The van der Waals surface area contributed by atoms with Crippen LogP contribution in [0.2, 0.25) is 0 Å². The predicted octanol–water partition coefficient (Wildman–Crippen LogP) is 2.57. The van der Waals surface area contributed by atoms with Crippen LogP contribution in [0.3, 0.4) is 0 Å². The maximum Gasteiger partial charge on any atom is 0.185 e. The van der Waals surface area contributed by atoms with E-state index < -0.39 is 0 Å². The van der Waals surface area contributed by atoms with Crippen LogP contribution in [0.5, 0.6) is 0 Å².